The lowest BCUT2D eigenvalue weighted by Crippen LogP contribution is -2.27. The molecule has 0 spiro atoms. The second-order valence-electron chi connectivity index (χ2n) is 7.13. The normalized spacial score (nSPS) is 11.0. The van der Waals surface area contributed by atoms with E-state index in [4.69, 9.17) is 4.74 Å². The highest BCUT2D eigenvalue weighted by molar-refractivity contribution is 7.21. The number of nitrogens with one attached hydrogen (secondary N) is 1. The highest BCUT2D eigenvalue weighted by Crippen LogP contribution is 2.33. The molecule has 0 aliphatic rings. The molecule has 7 nitrogen and oxygen atoms in total. The van der Waals surface area contributed by atoms with Gasteiger partial charge in [0.1, 0.15) is 16.4 Å². The molecule has 0 saturated carbocycles. The van der Waals surface area contributed by atoms with Gasteiger partial charge >= 0.3 is 5.97 Å². The summed E-state index contributed by atoms with van der Waals surface area (Å²) in [5.74, 6) is -0.893. The van der Waals surface area contributed by atoms with E-state index >= 15 is 0 Å². The molecule has 0 aliphatic carbocycles. The Kier molecular flexibility index (Phi) is 6.20. The van der Waals surface area contributed by atoms with Gasteiger partial charge in [0, 0.05) is 9.75 Å². The Balaban J connectivity index is 1.59. The van der Waals surface area contributed by atoms with E-state index in [1.807, 2.05) is 50.2 Å². The summed E-state index contributed by atoms with van der Waals surface area (Å²) in [6.45, 7) is 5.45. The summed E-state index contributed by atoms with van der Waals surface area (Å²) >= 11 is 2.74. The number of benzene rings is 1. The highest BCUT2D eigenvalue weighted by atomic mass is 32.1. The molecule has 0 bridgehead atoms. The van der Waals surface area contributed by atoms with Crippen LogP contribution in [-0.2, 0) is 16.1 Å². The second kappa shape index (κ2) is 9.05. The lowest BCUT2D eigenvalue weighted by Gasteiger charge is -2.08. The van der Waals surface area contributed by atoms with Gasteiger partial charge in [-0.2, -0.15) is 0 Å². The number of anilines is 1. The largest absolute Gasteiger partial charge is 0.462 e. The Morgan fingerprint density at radius 3 is 2.62 bits per heavy atom. The number of hydrogen-bond donors (Lipinski definition) is 1. The van der Waals surface area contributed by atoms with E-state index < -0.39 is 11.9 Å². The number of thiophene rings is 2. The number of aryl methyl sites for hydroxylation is 1. The number of hydrogen-bond acceptors (Lipinski definition) is 7. The third kappa shape index (κ3) is 4.21. The Morgan fingerprint density at radius 1 is 1.16 bits per heavy atom. The minimum Gasteiger partial charge on any atom is -0.462 e. The maximum atomic E-state index is 13.0. The van der Waals surface area contributed by atoms with Crippen LogP contribution in [0.2, 0.25) is 0 Å². The quantitative estimate of drug-likeness (QED) is 0.418. The summed E-state index contributed by atoms with van der Waals surface area (Å²) in [6.07, 6.45) is 1.38. The molecule has 0 fully saturated rings. The predicted molar refractivity (Wildman–Crippen MR) is 128 cm³/mol. The van der Waals surface area contributed by atoms with Gasteiger partial charge in [0.05, 0.1) is 23.9 Å². The second-order valence-corrected chi connectivity index (χ2v) is 9.38. The molecule has 0 atom stereocenters. The first-order chi connectivity index (χ1) is 15.4. The Hall–Kier alpha value is -3.30. The molecule has 0 saturated heterocycles. The smallest absolute Gasteiger partial charge is 0.341 e. The van der Waals surface area contributed by atoms with Crippen LogP contribution in [0.4, 0.5) is 5.00 Å². The number of aromatic nitrogens is 2. The van der Waals surface area contributed by atoms with Gasteiger partial charge in [-0.1, -0.05) is 30.3 Å². The topological polar surface area (TPSA) is 90.3 Å². The molecule has 1 amide bonds. The monoisotopic (exact) mass is 467 g/mol. The van der Waals surface area contributed by atoms with Crippen LogP contribution < -0.4 is 10.9 Å². The summed E-state index contributed by atoms with van der Waals surface area (Å²) in [4.78, 5) is 44.8. The Labute approximate surface area is 192 Å². The summed E-state index contributed by atoms with van der Waals surface area (Å²) in [5.41, 5.74) is 1.85. The van der Waals surface area contributed by atoms with Crippen molar-refractivity contribution in [3.63, 3.8) is 0 Å². The van der Waals surface area contributed by atoms with Gasteiger partial charge in [-0.25, -0.2) is 9.78 Å². The summed E-state index contributed by atoms with van der Waals surface area (Å²) < 4.78 is 6.40. The van der Waals surface area contributed by atoms with Crippen molar-refractivity contribution in [3.8, 4) is 10.4 Å². The fraction of sp³-hybridized carbons (Fsp3) is 0.217. The Morgan fingerprint density at radius 2 is 1.91 bits per heavy atom. The van der Waals surface area contributed by atoms with E-state index in [0.717, 1.165) is 20.9 Å². The van der Waals surface area contributed by atoms with Crippen molar-refractivity contribution in [2.24, 2.45) is 0 Å². The van der Waals surface area contributed by atoms with Crippen LogP contribution >= 0.6 is 22.7 Å². The van der Waals surface area contributed by atoms with Crippen LogP contribution in [0.3, 0.4) is 0 Å². The van der Waals surface area contributed by atoms with E-state index in [1.165, 1.54) is 33.6 Å². The first-order valence-corrected chi connectivity index (χ1v) is 11.6. The van der Waals surface area contributed by atoms with Crippen molar-refractivity contribution >= 4 is 49.8 Å². The summed E-state index contributed by atoms with van der Waals surface area (Å²) in [7, 11) is 0. The van der Waals surface area contributed by atoms with Crippen molar-refractivity contribution in [3.05, 3.63) is 69.1 Å². The lowest BCUT2D eigenvalue weighted by molar-refractivity contribution is -0.116. The molecular formula is C23H21N3O4S2. The lowest BCUT2D eigenvalue weighted by atomic mass is 10.1. The van der Waals surface area contributed by atoms with Crippen LogP contribution in [0, 0.1) is 13.8 Å². The van der Waals surface area contributed by atoms with Crippen molar-refractivity contribution in [1.29, 1.82) is 0 Å². The maximum Gasteiger partial charge on any atom is 0.341 e. The van der Waals surface area contributed by atoms with Crippen LogP contribution in [-0.4, -0.2) is 28.0 Å². The van der Waals surface area contributed by atoms with Crippen molar-refractivity contribution in [2.45, 2.75) is 27.3 Å². The van der Waals surface area contributed by atoms with E-state index in [9.17, 15) is 14.4 Å². The van der Waals surface area contributed by atoms with E-state index in [-0.39, 0.29) is 18.7 Å². The fourth-order valence-electron chi connectivity index (χ4n) is 3.30. The zero-order valence-electron chi connectivity index (χ0n) is 17.8. The summed E-state index contributed by atoms with van der Waals surface area (Å²) in [6, 6.07) is 11.6. The molecular weight excluding hydrogens is 446 g/mol. The molecule has 9 heteroatoms. The fourth-order valence-corrected chi connectivity index (χ4v) is 5.36. The van der Waals surface area contributed by atoms with Crippen molar-refractivity contribution < 1.29 is 14.3 Å². The van der Waals surface area contributed by atoms with Crippen LogP contribution in [0.15, 0.2) is 47.5 Å². The van der Waals surface area contributed by atoms with Crippen LogP contribution in [0.1, 0.15) is 27.7 Å². The molecule has 3 heterocycles. The minimum atomic E-state index is -0.475. The molecule has 4 aromatic rings. The maximum absolute atomic E-state index is 13.0. The van der Waals surface area contributed by atoms with E-state index in [1.54, 1.807) is 6.92 Å². The number of esters is 1. The number of nitrogens with zero attached hydrogens (tertiary/aromatic N) is 2. The van der Waals surface area contributed by atoms with Gasteiger partial charge in [0.2, 0.25) is 5.91 Å². The third-order valence-electron chi connectivity index (χ3n) is 5.01. The molecule has 1 N–H and O–H groups in total. The molecule has 3 aromatic heterocycles. The van der Waals surface area contributed by atoms with Gasteiger partial charge in [-0.05, 0) is 38.0 Å². The van der Waals surface area contributed by atoms with Crippen LogP contribution in [0.5, 0.6) is 0 Å². The van der Waals surface area contributed by atoms with E-state index in [0.29, 0.717) is 20.8 Å². The van der Waals surface area contributed by atoms with Gasteiger partial charge in [0.15, 0.2) is 0 Å². The molecule has 0 aliphatic heterocycles. The average Bonchev–Trinajstić information content (AvgIpc) is 3.32. The molecule has 0 radical (unpaired) electrons. The highest BCUT2D eigenvalue weighted by Gasteiger charge is 2.22. The zero-order chi connectivity index (χ0) is 22.8. The molecule has 1 aromatic carbocycles. The number of amides is 1. The van der Waals surface area contributed by atoms with Gasteiger partial charge < -0.3 is 10.1 Å². The number of carbonyl (C=O) groups is 2. The van der Waals surface area contributed by atoms with E-state index in [2.05, 4.69) is 10.3 Å². The van der Waals surface area contributed by atoms with Gasteiger partial charge in [-0.15, -0.1) is 22.7 Å². The average molecular weight is 468 g/mol. The zero-order valence-corrected chi connectivity index (χ0v) is 19.4. The molecule has 164 valence electrons. The SMILES string of the molecule is CCOC(=O)c1c(NC(=O)Cn2cnc3sc(-c4ccccc4)cc3c2=O)sc(C)c1C. The molecule has 0 unspecified atom stereocenters. The van der Waals surface area contributed by atoms with Gasteiger partial charge in [0.25, 0.3) is 5.56 Å². The number of rotatable bonds is 6. The van der Waals surface area contributed by atoms with Crippen molar-refractivity contribution in [1.82, 2.24) is 9.55 Å². The molecule has 32 heavy (non-hydrogen) atoms. The predicted octanol–water partition coefficient (Wildman–Crippen LogP) is 4.62. The minimum absolute atomic E-state index is 0.212. The molecule has 4 rings (SSSR count). The first kappa shape index (κ1) is 21.9. The Bertz CT molecular complexity index is 1370. The number of fused-ring (bicyclic) bond motifs is 1. The van der Waals surface area contributed by atoms with Crippen LogP contribution in [0.25, 0.3) is 20.7 Å². The summed E-state index contributed by atoms with van der Waals surface area (Å²) in [5, 5.41) is 3.66. The van der Waals surface area contributed by atoms with Crippen molar-refractivity contribution in [2.75, 3.05) is 11.9 Å². The number of carbonyl (C=O) groups excluding carboxylic acids is 2. The number of ether oxygens (including phenoxy) is 1. The standard InChI is InChI=1S/C23H21N3O4S2/c1-4-30-23(29)19-13(2)14(3)31-21(19)25-18(27)11-26-12-24-20-16(22(26)28)10-17(32-20)15-8-6-5-7-9-15/h5-10,12H,4,11H2,1-3H3,(H,25,27). The first-order valence-electron chi connectivity index (χ1n) is 10.0. The van der Waals surface area contributed by atoms with Gasteiger partial charge in [-0.3, -0.25) is 14.2 Å². The third-order valence-corrected chi connectivity index (χ3v) is 7.22.